The fourth-order valence-electron chi connectivity index (χ4n) is 3.51. The van der Waals surface area contributed by atoms with Gasteiger partial charge in [-0.25, -0.2) is 0 Å². The molecule has 4 nitrogen and oxygen atoms in total. The number of carbonyl (C=O) groups excluding carboxylic acids is 1. The highest BCUT2D eigenvalue weighted by molar-refractivity contribution is 8.13. The van der Waals surface area contributed by atoms with Crippen molar-refractivity contribution in [3.05, 3.63) is 0 Å². The van der Waals surface area contributed by atoms with E-state index in [0.29, 0.717) is 5.75 Å². The van der Waals surface area contributed by atoms with E-state index in [1.54, 1.807) is 0 Å². The zero-order chi connectivity index (χ0) is 19.5. The van der Waals surface area contributed by atoms with Crippen LogP contribution >= 0.6 is 11.8 Å². The molecular weight excluding hydrogens is 320 g/mol. The molecule has 0 saturated carbocycles. The molecule has 0 aromatic carbocycles. The zero-order valence-corrected chi connectivity index (χ0v) is 18.5. The highest BCUT2D eigenvalue weighted by Crippen LogP contribution is 2.33. The van der Waals surface area contributed by atoms with Crippen LogP contribution in [-0.4, -0.2) is 55.8 Å². The lowest BCUT2D eigenvalue weighted by Gasteiger charge is -2.53. The smallest absolute Gasteiger partial charge is 0.194 e. The molecule has 0 aliphatic rings. The third kappa shape index (κ3) is 6.01. The molecule has 0 radical (unpaired) electrons. The summed E-state index contributed by atoms with van der Waals surface area (Å²) in [6.45, 7) is 22.5. The van der Waals surface area contributed by atoms with Crippen molar-refractivity contribution in [3.63, 3.8) is 0 Å². The Bertz CT molecular complexity index is 365. The van der Waals surface area contributed by atoms with Gasteiger partial charge in [-0.1, -0.05) is 32.5 Å². The SMILES string of the molecule is CC(C)N(C(C)C)C(O)(CSC(=O)C(C)(C)C)N(C(C)C)C(C)C. The molecule has 0 fully saturated rings. The Labute approximate surface area is 154 Å². The summed E-state index contributed by atoms with van der Waals surface area (Å²) < 4.78 is 0. The van der Waals surface area contributed by atoms with Gasteiger partial charge in [0.05, 0.1) is 5.75 Å². The van der Waals surface area contributed by atoms with E-state index in [2.05, 4.69) is 65.2 Å². The van der Waals surface area contributed by atoms with Crippen LogP contribution in [0, 0.1) is 5.41 Å². The predicted molar refractivity (Wildman–Crippen MR) is 106 cm³/mol. The Kier molecular flexibility index (Phi) is 8.98. The van der Waals surface area contributed by atoms with Crippen molar-refractivity contribution in [1.29, 1.82) is 0 Å². The van der Waals surface area contributed by atoms with Gasteiger partial charge in [0.15, 0.2) is 11.0 Å². The van der Waals surface area contributed by atoms with Crippen LogP contribution in [0.4, 0.5) is 0 Å². The Morgan fingerprint density at radius 1 is 0.833 bits per heavy atom. The number of rotatable bonds is 8. The van der Waals surface area contributed by atoms with Gasteiger partial charge in [0.1, 0.15) is 0 Å². The molecule has 0 amide bonds. The van der Waals surface area contributed by atoms with Crippen LogP contribution in [0.25, 0.3) is 0 Å². The van der Waals surface area contributed by atoms with Gasteiger partial charge >= 0.3 is 0 Å². The minimum Gasteiger partial charge on any atom is -0.362 e. The fourth-order valence-corrected chi connectivity index (χ4v) is 4.56. The maximum absolute atomic E-state index is 12.5. The van der Waals surface area contributed by atoms with E-state index in [4.69, 9.17) is 0 Å². The second-order valence-corrected chi connectivity index (χ2v) is 9.74. The second-order valence-electron chi connectivity index (χ2n) is 8.79. The van der Waals surface area contributed by atoms with Crippen LogP contribution in [-0.2, 0) is 4.79 Å². The number of carbonyl (C=O) groups is 1. The van der Waals surface area contributed by atoms with E-state index in [-0.39, 0.29) is 29.3 Å². The zero-order valence-electron chi connectivity index (χ0n) is 17.7. The monoisotopic (exact) mass is 360 g/mol. The first-order chi connectivity index (χ1) is 10.7. The van der Waals surface area contributed by atoms with E-state index in [9.17, 15) is 9.90 Å². The molecule has 24 heavy (non-hydrogen) atoms. The Hall–Kier alpha value is -0.100. The van der Waals surface area contributed by atoms with Crippen LogP contribution < -0.4 is 0 Å². The minimum absolute atomic E-state index is 0.112. The van der Waals surface area contributed by atoms with Crippen molar-refractivity contribution in [3.8, 4) is 0 Å². The van der Waals surface area contributed by atoms with Crippen LogP contribution in [0.2, 0.25) is 0 Å². The first kappa shape index (κ1) is 23.9. The van der Waals surface area contributed by atoms with Crippen molar-refractivity contribution in [2.75, 3.05) is 5.75 Å². The molecule has 0 unspecified atom stereocenters. The van der Waals surface area contributed by atoms with Gasteiger partial charge in [0.2, 0.25) is 0 Å². The minimum atomic E-state index is -1.17. The summed E-state index contributed by atoms with van der Waals surface area (Å²) in [5.74, 6) is -0.827. The number of aliphatic hydroxyl groups is 1. The molecular formula is C19H40N2O2S. The fraction of sp³-hybridized carbons (Fsp3) is 0.947. The third-order valence-corrected chi connectivity index (χ3v) is 5.47. The summed E-state index contributed by atoms with van der Waals surface area (Å²) in [4.78, 5) is 16.7. The van der Waals surface area contributed by atoms with Crippen molar-refractivity contribution >= 4 is 16.9 Å². The molecule has 0 rings (SSSR count). The second kappa shape index (κ2) is 9.02. The maximum atomic E-state index is 12.5. The van der Waals surface area contributed by atoms with Crippen molar-refractivity contribution in [2.45, 2.75) is 106 Å². The van der Waals surface area contributed by atoms with Gasteiger partial charge in [-0.2, -0.15) is 0 Å². The topological polar surface area (TPSA) is 43.8 Å². The van der Waals surface area contributed by atoms with E-state index < -0.39 is 11.3 Å². The molecule has 0 bridgehead atoms. The van der Waals surface area contributed by atoms with Gasteiger partial charge in [-0.05, 0) is 55.4 Å². The van der Waals surface area contributed by atoms with Gasteiger partial charge in [-0.15, -0.1) is 0 Å². The van der Waals surface area contributed by atoms with E-state index >= 15 is 0 Å². The molecule has 1 N–H and O–H groups in total. The summed E-state index contributed by atoms with van der Waals surface area (Å²) in [6.07, 6.45) is 0. The molecule has 0 saturated heterocycles. The molecule has 0 heterocycles. The van der Waals surface area contributed by atoms with E-state index in [1.807, 2.05) is 20.8 Å². The van der Waals surface area contributed by atoms with E-state index in [0.717, 1.165) is 0 Å². The Morgan fingerprint density at radius 3 is 1.33 bits per heavy atom. The molecule has 0 aromatic heterocycles. The number of hydrogen-bond acceptors (Lipinski definition) is 5. The highest BCUT2D eigenvalue weighted by atomic mass is 32.2. The number of nitrogens with zero attached hydrogens (tertiary/aromatic N) is 2. The van der Waals surface area contributed by atoms with Gasteiger partial charge < -0.3 is 5.11 Å². The van der Waals surface area contributed by atoms with Crippen molar-refractivity contribution < 1.29 is 9.90 Å². The summed E-state index contributed by atoms with van der Waals surface area (Å²) in [6, 6.07) is 0.668. The van der Waals surface area contributed by atoms with Gasteiger partial charge in [-0.3, -0.25) is 14.6 Å². The van der Waals surface area contributed by atoms with Crippen LogP contribution in [0.3, 0.4) is 0 Å². The molecule has 0 atom stereocenters. The van der Waals surface area contributed by atoms with Crippen molar-refractivity contribution in [1.82, 2.24) is 9.80 Å². The van der Waals surface area contributed by atoms with Crippen LogP contribution in [0.1, 0.15) is 76.2 Å². The number of thioether (sulfide) groups is 1. The maximum Gasteiger partial charge on any atom is 0.194 e. The normalized spacial score (nSPS) is 14.1. The molecule has 0 aromatic rings. The predicted octanol–water partition coefficient (Wildman–Crippen LogP) is 4.18. The molecule has 0 aliphatic carbocycles. The lowest BCUT2D eigenvalue weighted by molar-refractivity contribution is -0.239. The van der Waals surface area contributed by atoms with Crippen molar-refractivity contribution in [2.24, 2.45) is 5.41 Å². The number of hydrogen-bond donors (Lipinski definition) is 1. The summed E-state index contributed by atoms with van der Waals surface area (Å²) in [7, 11) is 0. The molecule has 5 heteroatoms. The summed E-state index contributed by atoms with van der Waals surface area (Å²) in [5, 5.41) is 11.9. The lowest BCUT2D eigenvalue weighted by Crippen LogP contribution is -2.69. The van der Waals surface area contributed by atoms with Gasteiger partial charge in [0.25, 0.3) is 0 Å². The molecule has 144 valence electrons. The lowest BCUT2D eigenvalue weighted by atomic mass is 10.00. The first-order valence-electron chi connectivity index (χ1n) is 9.12. The van der Waals surface area contributed by atoms with Crippen LogP contribution in [0.15, 0.2) is 0 Å². The van der Waals surface area contributed by atoms with Gasteiger partial charge in [0, 0.05) is 29.6 Å². The Balaban J connectivity index is 5.85. The first-order valence-corrected chi connectivity index (χ1v) is 10.1. The average Bonchev–Trinajstić information content (AvgIpc) is 2.32. The third-order valence-electron chi connectivity index (χ3n) is 4.06. The average molecular weight is 361 g/mol. The molecule has 0 aliphatic heterocycles. The van der Waals surface area contributed by atoms with E-state index in [1.165, 1.54) is 11.8 Å². The highest BCUT2D eigenvalue weighted by Gasteiger charge is 2.46. The van der Waals surface area contributed by atoms with Crippen LogP contribution in [0.5, 0.6) is 0 Å². The Morgan fingerprint density at radius 2 is 1.12 bits per heavy atom. The summed E-state index contributed by atoms with van der Waals surface area (Å²) in [5.41, 5.74) is -0.410. The molecule has 0 spiro atoms. The largest absolute Gasteiger partial charge is 0.362 e. The quantitative estimate of drug-likeness (QED) is 0.658. The standard InChI is InChI=1S/C19H40N2O2S/c1-13(2)20(14(3)4)19(23,21(15(5)6)16(7)8)12-24-17(22)18(9,10)11/h13-16,23H,12H2,1-11H3. The summed E-state index contributed by atoms with van der Waals surface area (Å²) >= 11 is 1.24.